The Morgan fingerprint density at radius 3 is 2.50 bits per heavy atom. The minimum Gasteiger partial charge on any atom is -0.489 e. The fourth-order valence-corrected chi connectivity index (χ4v) is 2.71. The Labute approximate surface area is 131 Å². The zero-order valence-electron chi connectivity index (χ0n) is 13.0. The van der Waals surface area contributed by atoms with Gasteiger partial charge in [0.15, 0.2) is 0 Å². The highest BCUT2D eigenvalue weighted by Gasteiger charge is 2.43. The number of anilines is 1. The largest absolute Gasteiger partial charge is 0.489 e. The first-order valence-corrected chi connectivity index (χ1v) is 7.76. The molecule has 22 heavy (non-hydrogen) atoms. The molecule has 0 aliphatic heterocycles. The van der Waals surface area contributed by atoms with Gasteiger partial charge >= 0.3 is 0 Å². The highest BCUT2D eigenvalue weighted by molar-refractivity contribution is 5.96. The molecule has 1 saturated carbocycles. The molecule has 1 amide bonds. The van der Waals surface area contributed by atoms with E-state index in [0.29, 0.717) is 5.92 Å². The summed E-state index contributed by atoms with van der Waals surface area (Å²) in [5.74, 6) is 1.21. The van der Waals surface area contributed by atoms with Crippen molar-refractivity contribution in [2.45, 2.75) is 32.3 Å². The number of nitrogens with one attached hydrogen (secondary N) is 1. The predicted octanol–water partition coefficient (Wildman–Crippen LogP) is 4.22. The summed E-state index contributed by atoms with van der Waals surface area (Å²) in [6, 6.07) is 17.8. The van der Waals surface area contributed by atoms with Gasteiger partial charge in [-0.1, -0.05) is 42.5 Å². The quantitative estimate of drug-likeness (QED) is 0.897. The maximum absolute atomic E-state index is 12.4. The highest BCUT2D eigenvalue weighted by atomic mass is 16.5. The van der Waals surface area contributed by atoms with Crippen molar-refractivity contribution < 1.29 is 9.53 Å². The lowest BCUT2D eigenvalue weighted by Crippen LogP contribution is -2.16. The Balaban J connectivity index is 1.66. The molecule has 0 radical (unpaired) electrons. The molecule has 2 atom stereocenters. The van der Waals surface area contributed by atoms with Gasteiger partial charge in [-0.15, -0.1) is 0 Å². The number of ether oxygens (including phenoxy) is 1. The van der Waals surface area contributed by atoms with Gasteiger partial charge in [0.25, 0.3) is 0 Å². The molecule has 1 N–H and O–H groups in total. The van der Waals surface area contributed by atoms with Crippen molar-refractivity contribution in [3.05, 3.63) is 60.2 Å². The van der Waals surface area contributed by atoms with Gasteiger partial charge in [0.2, 0.25) is 5.91 Å². The van der Waals surface area contributed by atoms with E-state index in [2.05, 4.69) is 17.4 Å². The fraction of sp³-hybridized carbons (Fsp3) is 0.316. The molecular formula is C19H21NO2. The van der Waals surface area contributed by atoms with E-state index in [1.54, 1.807) is 0 Å². The summed E-state index contributed by atoms with van der Waals surface area (Å²) in [5, 5.41) is 3.01. The van der Waals surface area contributed by atoms with Gasteiger partial charge in [-0.2, -0.15) is 0 Å². The summed E-state index contributed by atoms with van der Waals surface area (Å²) in [4.78, 5) is 12.4. The molecule has 0 heterocycles. The van der Waals surface area contributed by atoms with Crippen molar-refractivity contribution in [2.24, 2.45) is 5.92 Å². The Morgan fingerprint density at radius 2 is 1.77 bits per heavy atom. The number of hydrogen-bond donors (Lipinski definition) is 1. The van der Waals surface area contributed by atoms with Crippen LogP contribution < -0.4 is 10.1 Å². The molecule has 1 fully saturated rings. The molecule has 3 nitrogen and oxygen atoms in total. The number of para-hydroxylation sites is 2. The third kappa shape index (κ3) is 3.30. The lowest BCUT2D eigenvalue weighted by atomic mass is 10.1. The van der Waals surface area contributed by atoms with Crippen molar-refractivity contribution in [3.63, 3.8) is 0 Å². The Bertz CT molecular complexity index is 651. The average Bonchev–Trinajstić information content (AvgIpc) is 3.30. The third-order valence-corrected chi connectivity index (χ3v) is 3.86. The van der Waals surface area contributed by atoms with Crippen LogP contribution in [0.4, 0.5) is 5.69 Å². The van der Waals surface area contributed by atoms with Crippen molar-refractivity contribution in [2.75, 3.05) is 5.32 Å². The number of hydrogen-bond acceptors (Lipinski definition) is 2. The molecule has 3 rings (SSSR count). The van der Waals surface area contributed by atoms with Crippen molar-refractivity contribution >= 4 is 11.6 Å². The van der Waals surface area contributed by atoms with Gasteiger partial charge in [0, 0.05) is 5.92 Å². The van der Waals surface area contributed by atoms with E-state index in [1.807, 2.05) is 56.3 Å². The molecule has 0 spiro atoms. The first-order chi connectivity index (χ1) is 10.6. The maximum atomic E-state index is 12.4. The standard InChI is InChI=1S/C19H21NO2/c1-13(2)22-18-11-7-6-10-17(18)20-19(21)16-12-15(16)14-8-4-3-5-9-14/h3-11,13,15-16H,12H2,1-2H3,(H,20,21). The van der Waals surface area contributed by atoms with Crippen LogP contribution in [-0.4, -0.2) is 12.0 Å². The molecule has 1 aliphatic rings. The van der Waals surface area contributed by atoms with Crippen LogP contribution in [0.5, 0.6) is 5.75 Å². The van der Waals surface area contributed by atoms with Crippen molar-refractivity contribution in [3.8, 4) is 5.75 Å². The lowest BCUT2D eigenvalue weighted by molar-refractivity contribution is -0.117. The average molecular weight is 295 g/mol. The van der Waals surface area contributed by atoms with E-state index in [-0.39, 0.29) is 17.9 Å². The van der Waals surface area contributed by atoms with Gasteiger partial charge in [-0.25, -0.2) is 0 Å². The van der Waals surface area contributed by atoms with E-state index < -0.39 is 0 Å². The zero-order valence-corrected chi connectivity index (χ0v) is 13.0. The summed E-state index contributed by atoms with van der Waals surface area (Å²) in [5.41, 5.74) is 1.99. The Morgan fingerprint density at radius 1 is 1.09 bits per heavy atom. The van der Waals surface area contributed by atoms with E-state index in [0.717, 1.165) is 17.9 Å². The number of amides is 1. The number of rotatable bonds is 5. The van der Waals surface area contributed by atoms with Gasteiger partial charge < -0.3 is 10.1 Å². The van der Waals surface area contributed by atoms with Crippen LogP contribution in [-0.2, 0) is 4.79 Å². The molecule has 3 heteroatoms. The first kappa shape index (κ1) is 14.6. The van der Waals surface area contributed by atoms with Crippen LogP contribution in [0.3, 0.4) is 0 Å². The highest BCUT2D eigenvalue weighted by Crippen LogP contribution is 2.48. The minimum absolute atomic E-state index is 0.0644. The smallest absolute Gasteiger partial charge is 0.228 e. The molecular weight excluding hydrogens is 274 g/mol. The summed E-state index contributed by atoms with van der Waals surface area (Å²) >= 11 is 0. The summed E-state index contributed by atoms with van der Waals surface area (Å²) in [6.07, 6.45) is 0.999. The number of carbonyl (C=O) groups excluding carboxylic acids is 1. The molecule has 1 aliphatic carbocycles. The molecule has 114 valence electrons. The van der Waals surface area contributed by atoms with Crippen LogP contribution in [0.25, 0.3) is 0 Å². The summed E-state index contributed by atoms with van der Waals surface area (Å²) in [6.45, 7) is 3.95. The van der Waals surface area contributed by atoms with Gasteiger partial charge in [-0.05, 0) is 43.9 Å². The topological polar surface area (TPSA) is 38.3 Å². The SMILES string of the molecule is CC(C)Oc1ccccc1NC(=O)C1CC1c1ccccc1. The molecule has 2 aromatic carbocycles. The third-order valence-electron chi connectivity index (χ3n) is 3.86. The maximum Gasteiger partial charge on any atom is 0.228 e. The molecule has 2 unspecified atom stereocenters. The molecule has 2 aromatic rings. The molecule has 0 bridgehead atoms. The van der Waals surface area contributed by atoms with Gasteiger partial charge in [0.05, 0.1) is 11.8 Å². The van der Waals surface area contributed by atoms with E-state index >= 15 is 0 Å². The van der Waals surface area contributed by atoms with Crippen molar-refractivity contribution in [1.29, 1.82) is 0 Å². The molecule has 0 aromatic heterocycles. The van der Waals surface area contributed by atoms with Gasteiger partial charge in [0.1, 0.15) is 5.75 Å². The summed E-state index contributed by atoms with van der Waals surface area (Å²) < 4.78 is 5.74. The number of carbonyl (C=O) groups is 1. The van der Waals surface area contributed by atoms with E-state index in [4.69, 9.17) is 4.74 Å². The Hall–Kier alpha value is -2.29. The second-order valence-electron chi connectivity index (χ2n) is 6.01. The Kier molecular flexibility index (Phi) is 4.14. The van der Waals surface area contributed by atoms with E-state index in [1.165, 1.54) is 5.56 Å². The van der Waals surface area contributed by atoms with Crippen molar-refractivity contribution in [1.82, 2.24) is 0 Å². The van der Waals surface area contributed by atoms with Crippen LogP contribution in [0, 0.1) is 5.92 Å². The monoisotopic (exact) mass is 295 g/mol. The minimum atomic E-state index is 0.0644. The van der Waals surface area contributed by atoms with Crippen LogP contribution in [0.2, 0.25) is 0 Å². The second kappa shape index (κ2) is 6.22. The lowest BCUT2D eigenvalue weighted by Gasteiger charge is -2.14. The van der Waals surface area contributed by atoms with Crippen LogP contribution in [0.15, 0.2) is 54.6 Å². The van der Waals surface area contributed by atoms with Crippen LogP contribution in [0.1, 0.15) is 31.7 Å². The normalized spacial score (nSPS) is 19.8. The zero-order chi connectivity index (χ0) is 15.5. The fourth-order valence-electron chi connectivity index (χ4n) is 2.71. The van der Waals surface area contributed by atoms with Gasteiger partial charge in [-0.3, -0.25) is 4.79 Å². The summed E-state index contributed by atoms with van der Waals surface area (Å²) in [7, 11) is 0. The number of benzene rings is 2. The second-order valence-corrected chi connectivity index (χ2v) is 6.01. The van der Waals surface area contributed by atoms with Crippen LogP contribution >= 0.6 is 0 Å². The van der Waals surface area contributed by atoms with E-state index in [9.17, 15) is 4.79 Å². The first-order valence-electron chi connectivity index (χ1n) is 7.76. The predicted molar refractivity (Wildman–Crippen MR) is 88.1 cm³/mol. The molecule has 0 saturated heterocycles.